The second kappa shape index (κ2) is 3.21. The fraction of sp³-hybridized carbons (Fsp3) is 0.875. The van der Waals surface area contributed by atoms with E-state index >= 15 is 0 Å². The molecule has 1 heterocycles. The van der Waals surface area contributed by atoms with Crippen LogP contribution in [0.2, 0.25) is 0 Å². The summed E-state index contributed by atoms with van der Waals surface area (Å²) in [5.41, 5.74) is 5.82. The summed E-state index contributed by atoms with van der Waals surface area (Å²) < 4.78 is 0. The van der Waals surface area contributed by atoms with Gasteiger partial charge in [0.1, 0.15) is 0 Å². The van der Waals surface area contributed by atoms with Crippen molar-refractivity contribution in [3.8, 4) is 0 Å². The van der Waals surface area contributed by atoms with E-state index in [0.29, 0.717) is 5.41 Å². The maximum atomic E-state index is 8.46. The summed E-state index contributed by atoms with van der Waals surface area (Å²) in [6, 6.07) is 0. The molecule has 0 bridgehead atoms. The summed E-state index contributed by atoms with van der Waals surface area (Å²) in [6.45, 7) is 6.22. The number of hydrogen-bond donors (Lipinski definition) is 2. The number of hydrogen-bond acceptors (Lipinski definition) is 2. The molecular formula is C8H17N3O. The minimum absolute atomic E-state index is 0.243. The van der Waals surface area contributed by atoms with Crippen LogP contribution in [0.25, 0.3) is 0 Å². The van der Waals surface area contributed by atoms with Gasteiger partial charge in [-0.1, -0.05) is 19.0 Å². The van der Waals surface area contributed by atoms with Gasteiger partial charge in [-0.05, 0) is 18.3 Å². The Balaban J connectivity index is 2.56. The molecule has 4 heteroatoms. The van der Waals surface area contributed by atoms with Crippen molar-refractivity contribution >= 4 is 5.96 Å². The number of nitrogens with two attached hydrogens (primary N) is 1. The van der Waals surface area contributed by atoms with Crippen molar-refractivity contribution in [2.75, 3.05) is 13.1 Å². The Morgan fingerprint density at radius 2 is 2.42 bits per heavy atom. The number of rotatable bonds is 1. The van der Waals surface area contributed by atoms with E-state index in [0.717, 1.165) is 25.9 Å². The second-order valence-electron chi connectivity index (χ2n) is 3.79. The van der Waals surface area contributed by atoms with Crippen LogP contribution in [0.4, 0.5) is 0 Å². The third-order valence-electron chi connectivity index (χ3n) is 2.84. The van der Waals surface area contributed by atoms with Gasteiger partial charge in [-0.25, -0.2) is 0 Å². The third kappa shape index (κ3) is 1.62. The molecule has 1 unspecified atom stereocenters. The quantitative estimate of drug-likeness (QED) is 0.266. The van der Waals surface area contributed by atoms with Crippen LogP contribution >= 0.6 is 0 Å². The van der Waals surface area contributed by atoms with E-state index < -0.39 is 0 Å². The Bertz CT molecular complexity index is 193. The molecule has 12 heavy (non-hydrogen) atoms. The van der Waals surface area contributed by atoms with Gasteiger partial charge in [-0.15, -0.1) is 0 Å². The highest BCUT2D eigenvalue weighted by molar-refractivity contribution is 5.77. The fourth-order valence-corrected chi connectivity index (χ4v) is 1.57. The Hall–Kier alpha value is -0.930. The van der Waals surface area contributed by atoms with Gasteiger partial charge in [0.05, 0.1) is 0 Å². The van der Waals surface area contributed by atoms with Gasteiger partial charge in [-0.2, -0.15) is 0 Å². The van der Waals surface area contributed by atoms with Crippen molar-refractivity contribution in [3.05, 3.63) is 0 Å². The molecule has 4 nitrogen and oxygen atoms in total. The van der Waals surface area contributed by atoms with Crippen molar-refractivity contribution in [1.29, 1.82) is 0 Å². The first-order chi connectivity index (χ1) is 5.61. The average Bonchev–Trinajstić information content (AvgIpc) is 2.48. The van der Waals surface area contributed by atoms with E-state index in [2.05, 4.69) is 19.0 Å². The van der Waals surface area contributed by atoms with Crippen molar-refractivity contribution in [2.24, 2.45) is 16.3 Å². The monoisotopic (exact) mass is 171 g/mol. The fourth-order valence-electron chi connectivity index (χ4n) is 1.57. The molecule has 0 amide bonds. The zero-order chi connectivity index (χ0) is 9.19. The Morgan fingerprint density at radius 3 is 2.83 bits per heavy atom. The number of guanidine groups is 1. The standard InChI is InChI=1S/C8H17N3O/c1-3-8(2)4-5-11(6-8)7(9)10-12/h12H,3-6H2,1-2H3,(H2,9,10). The summed E-state index contributed by atoms with van der Waals surface area (Å²) >= 11 is 0. The first kappa shape index (κ1) is 9.16. The summed E-state index contributed by atoms with van der Waals surface area (Å²) in [4.78, 5) is 1.92. The number of nitrogens with zero attached hydrogens (tertiary/aromatic N) is 2. The molecule has 0 saturated carbocycles. The highest BCUT2D eigenvalue weighted by Crippen LogP contribution is 2.32. The summed E-state index contributed by atoms with van der Waals surface area (Å²) in [5.74, 6) is 0.243. The van der Waals surface area contributed by atoms with Crippen LogP contribution < -0.4 is 5.73 Å². The van der Waals surface area contributed by atoms with Gasteiger partial charge >= 0.3 is 0 Å². The van der Waals surface area contributed by atoms with Gasteiger partial charge in [0.2, 0.25) is 5.96 Å². The molecule has 1 aliphatic heterocycles. The Labute approximate surface area is 73.0 Å². The lowest BCUT2D eigenvalue weighted by atomic mass is 9.87. The van der Waals surface area contributed by atoms with Crippen molar-refractivity contribution in [3.63, 3.8) is 0 Å². The van der Waals surface area contributed by atoms with E-state index in [1.165, 1.54) is 0 Å². The Morgan fingerprint density at radius 1 is 1.75 bits per heavy atom. The van der Waals surface area contributed by atoms with Crippen molar-refractivity contribution in [1.82, 2.24) is 4.90 Å². The molecule has 1 aliphatic rings. The lowest BCUT2D eigenvalue weighted by Gasteiger charge is -2.22. The molecule has 0 aromatic carbocycles. The maximum Gasteiger partial charge on any atom is 0.233 e. The summed E-state index contributed by atoms with van der Waals surface area (Å²) in [6.07, 6.45) is 2.27. The van der Waals surface area contributed by atoms with Gasteiger partial charge in [0.25, 0.3) is 0 Å². The van der Waals surface area contributed by atoms with E-state index in [-0.39, 0.29) is 5.96 Å². The number of likely N-dealkylation sites (tertiary alicyclic amines) is 1. The van der Waals surface area contributed by atoms with E-state index in [1.54, 1.807) is 0 Å². The largest absolute Gasteiger partial charge is 0.408 e. The maximum absolute atomic E-state index is 8.46. The first-order valence-electron chi connectivity index (χ1n) is 4.34. The normalized spacial score (nSPS) is 31.2. The van der Waals surface area contributed by atoms with Crippen molar-refractivity contribution < 1.29 is 5.21 Å². The minimum atomic E-state index is 0.243. The summed E-state index contributed by atoms with van der Waals surface area (Å²) in [5, 5.41) is 11.5. The SMILES string of the molecule is CCC1(C)CCN(/C(N)=N/O)C1. The molecule has 1 atom stereocenters. The van der Waals surface area contributed by atoms with Crippen LogP contribution in [-0.4, -0.2) is 29.2 Å². The average molecular weight is 171 g/mol. The smallest absolute Gasteiger partial charge is 0.233 e. The van der Waals surface area contributed by atoms with E-state index in [4.69, 9.17) is 10.9 Å². The van der Waals surface area contributed by atoms with E-state index in [9.17, 15) is 0 Å². The van der Waals surface area contributed by atoms with Crippen LogP contribution in [0, 0.1) is 5.41 Å². The molecule has 0 aromatic heterocycles. The highest BCUT2D eigenvalue weighted by atomic mass is 16.4. The highest BCUT2D eigenvalue weighted by Gasteiger charge is 2.32. The topological polar surface area (TPSA) is 61.8 Å². The van der Waals surface area contributed by atoms with Crippen LogP contribution in [0.5, 0.6) is 0 Å². The first-order valence-corrected chi connectivity index (χ1v) is 4.34. The number of oxime groups is 1. The van der Waals surface area contributed by atoms with Crippen LogP contribution in [-0.2, 0) is 0 Å². The van der Waals surface area contributed by atoms with Crippen LogP contribution in [0.1, 0.15) is 26.7 Å². The molecule has 70 valence electrons. The van der Waals surface area contributed by atoms with Gasteiger partial charge < -0.3 is 15.8 Å². The van der Waals surface area contributed by atoms with Crippen molar-refractivity contribution in [2.45, 2.75) is 26.7 Å². The van der Waals surface area contributed by atoms with Crippen LogP contribution in [0.15, 0.2) is 5.16 Å². The molecule has 1 rings (SSSR count). The van der Waals surface area contributed by atoms with Crippen LogP contribution in [0.3, 0.4) is 0 Å². The molecule has 0 radical (unpaired) electrons. The van der Waals surface area contributed by atoms with Gasteiger partial charge in [0, 0.05) is 13.1 Å². The lowest BCUT2D eigenvalue weighted by molar-refractivity contribution is 0.292. The predicted molar refractivity (Wildman–Crippen MR) is 48.0 cm³/mol. The minimum Gasteiger partial charge on any atom is -0.408 e. The molecule has 1 fully saturated rings. The molecule has 0 spiro atoms. The zero-order valence-corrected chi connectivity index (χ0v) is 7.75. The van der Waals surface area contributed by atoms with Gasteiger partial charge in [0.15, 0.2) is 0 Å². The molecule has 0 aliphatic carbocycles. The lowest BCUT2D eigenvalue weighted by Crippen LogP contribution is -2.36. The van der Waals surface area contributed by atoms with Gasteiger partial charge in [-0.3, -0.25) is 0 Å². The predicted octanol–water partition coefficient (Wildman–Crippen LogP) is 0.812. The third-order valence-corrected chi connectivity index (χ3v) is 2.84. The van der Waals surface area contributed by atoms with E-state index in [1.807, 2.05) is 4.90 Å². The summed E-state index contributed by atoms with van der Waals surface area (Å²) in [7, 11) is 0. The Kier molecular flexibility index (Phi) is 2.45. The molecular weight excluding hydrogens is 154 g/mol. The molecule has 1 saturated heterocycles. The second-order valence-corrected chi connectivity index (χ2v) is 3.79. The molecule has 3 N–H and O–H groups in total. The zero-order valence-electron chi connectivity index (χ0n) is 7.75. The molecule has 0 aromatic rings.